The lowest BCUT2D eigenvalue weighted by Gasteiger charge is -2.33. The lowest BCUT2D eigenvalue weighted by atomic mass is 9.94. The minimum atomic E-state index is -0.293. The van der Waals surface area contributed by atoms with Gasteiger partial charge in [0.15, 0.2) is 0 Å². The van der Waals surface area contributed by atoms with Crippen molar-refractivity contribution in [1.29, 1.82) is 0 Å². The van der Waals surface area contributed by atoms with Gasteiger partial charge in [0.25, 0.3) is 0 Å². The summed E-state index contributed by atoms with van der Waals surface area (Å²) in [7, 11) is 0. The Morgan fingerprint density at radius 1 is 1.32 bits per heavy atom. The fraction of sp³-hybridized carbons (Fsp3) is 0.421. The van der Waals surface area contributed by atoms with E-state index in [-0.39, 0.29) is 24.3 Å². The summed E-state index contributed by atoms with van der Waals surface area (Å²) < 4.78 is 0. The van der Waals surface area contributed by atoms with Crippen LogP contribution in [0.4, 0.5) is 0 Å². The summed E-state index contributed by atoms with van der Waals surface area (Å²) >= 11 is 0. The lowest BCUT2D eigenvalue weighted by molar-refractivity contribution is -0.133. The van der Waals surface area contributed by atoms with E-state index in [1.165, 1.54) is 6.92 Å². The summed E-state index contributed by atoms with van der Waals surface area (Å²) in [5, 5.41) is 9.93. The Labute approximate surface area is 147 Å². The van der Waals surface area contributed by atoms with Crippen LogP contribution in [0.1, 0.15) is 49.4 Å². The van der Waals surface area contributed by atoms with Gasteiger partial charge in [0, 0.05) is 37.8 Å². The topological polar surface area (TPSA) is 78.1 Å². The van der Waals surface area contributed by atoms with Crippen LogP contribution in [0.15, 0.2) is 42.6 Å². The monoisotopic (exact) mass is 340 g/mol. The van der Waals surface area contributed by atoms with Crippen LogP contribution in [-0.2, 0) is 9.59 Å². The number of aromatic nitrogens is 2. The molecule has 0 spiro atoms. The molecule has 2 heterocycles. The van der Waals surface area contributed by atoms with Gasteiger partial charge in [0.2, 0.25) is 11.8 Å². The van der Waals surface area contributed by atoms with Crippen LogP contribution >= 0.6 is 0 Å². The van der Waals surface area contributed by atoms with E-state index in [9.17, 15) is 9.59 Å². The molecule has 1 aromatic heterocycles. The molecule has 0 aliphatic carbocycles. The van der Waals surface area contributed by atoms with Gasteiger partial charge in [0.1, 0.15) is 0 Å². The second-order valence-corrected chi connectivity index (χ2v) is 6.56. The van der Waals surface area contributed by atoms with Crippen molar-refractivity contribution in [1.82, 2.24) is 20.4 Å². The molecule has 2 amide bonds. The number of carbonyl (C=O) groups excluding carboxylic acids is 2. The number of benzene rings is 1. The molecular weight excluding hydrogens is 316 g/mol. The van der Waals surface area contributed by atoms with E-state index in [0.717, 1.165) is 30.6 Å². The average molecular weight is 340 g/mol. The molecule has 1 fully saturated rings. The molecule has 2 N–H and O–H groups in total. The first-order chi connectivity index (χ1) is 12.1. The number of aromatic amines is 1. The molecule has 0 radical (unpaired) electrons. The van der Waals surface area contributed by atoms with E-state index in [4.69, 9.17) is 0 Å². The summed E-state index contributed by atoms with van der Waals surface area (Å²) in [6.45, 7) is 2.95. The number of H-pyrrole nitrogens is 1. The Balaban J connectivity index is 1.67. The van der Waals surface area contributed by atoms with Crippen molar-refractivity contribution >= 4 is 11.8 Å². The number of piperidine rings is 1. The molecule has 3 rings (SSSR count). The van der Waals surface area contributed by atoms with Crippen LogP contribution < -0.4 is 5.32 Å². The van der Waals surface area contributed by atoms with Crippen LogP contribution in [-0.4, -0.2) is 40.0 Å². The Hall–Kier alpha value is -2.63. The average Bonchev–Trinajstić information content (AvgIpc) is 3.16. The zero-order valence-electron chi connectivity index (χ0n) is 14.4. The van der Waals surface area contributed by atoms with E-state index in [1.807, 2.05) is 41.3 Å². The number of nitrogens with zero attached hydrogens (tertiary/aromatic N) is 2. The van der Waals surface area contributed by atoms with Gasteiger partial charge in [-0.2, -0.15) is 5.10 Å². The van der Waals surface area contributed by atoms with Crippen LogP contribution in [0, 0.1) is 0 Å². The highest BCUT2D eigenvalue weighted by Gasteiger charge is 2.27. The van der Waals surface area contributed by atoms with E-state index in [1.54, 1.807) is 6.20 Å². The molecule has 6 heteroatoms. The summed E-state index contributed by atoms with van der Waals surface area (Å²) in [6.07, 6.45) is 4.06. The number of rotatable bonds is 5. The van der Waals surface area contributed by atoms with Crippen LogP contribution in [0.3, 0.4) is 0 Å². The molecule has 0 saturated carbocycles. The number of carbonyl (C=O) groups is 2. The quantitative estimate of drug-likeness (QED) is 0.877. The fourth-order valence-electron chi connectivity index (χ4n) is 3.44. The molecule has 1 aliphatic heterocycles. The summed E-state index contributed by atoms with van der Waals surface area (Å²) in [5.74, 6) is 0.249. The Morgan fingerprint density at radius 3 is 2.80 bits per heavy atom. The highest BCUT2D eigenvalue weighted by atomic mass is 16.2. The number of likely N-dealkylation sites (tertiary alicyclic amines) is 1. The zero-order chi connectivity index (χ0) is 17.6. The number of nitrogens with one attached hydrogen (secondary N) is 2. The molecule has 2 aromatic rings. The maximum Gasteiger partial charge on any atom is 0.225 e. The van der Waals surface area contributed by atoms with Gasteiger partial charge >= 0.3 is 0 Å². The molecule has 132 valence electrons. The van der Waals surface area contributed by atoms with Crippen molar-refractivity contribution in [3.63, 3.8) is 0 Å². The molecule has 0 bridgehead atoms. The van der Waals surface area contributed by atoms with Crippen molar-refractivity contribution in [2.45, 2.75) is 38.1 Å². The number of hydrogen-bond acceptors (Lipinski definition) is 3. The molecule has 2 atom stereocenters. The smallest absolute Gasteiger partial charge is 0.225 e. The number of hydrogen-bond donors (Lipinski definition) is 2. The Bertz CT molecular complexity index is 699. The Morgan fingerprint density at radius 2 is 2.12 bits per heavy atom. The maximum atomic E-state index is 12.8. The highest BCUT2D eigenvalue weighted by molar-refractivity contribution is 5.79. The van der Waals surface area contributed by atoms with E-state index in [2.05, 4.69) is 15.5 Å². The Kier molecular flexibility index (Phi) is 5.48. The molecule has 1 aliphatic rings. The van der Waals surface area contributed by atoms with Crippen LogP contribution in [0.25, 0.3) is 0 Å². The summed E-state index contributed by atoms with van der Waals surface area (Å²) in [6, 6.07) is 11.3. The molecule has 1 aromatic carbocycles. The molecule has 1 saturated heterocycles. The van der Waals surface area contributed by atoms with E-state index >= 15 is 0 Å². The first-order valence-corrected chi connectivity index (χ1v) is 8.72. The molecule has 2 unspecified atom stereocenters. The van der Waals surface area contributed by atoms with E-state index in [0.29, 0.717) is 12.5 Å². The van der Waals surface area contributed by atoms with Crippen LogP contribution in [0.2, 0.25) is 0 Å². The molecule has 6 nitrogen and oxygen atoms in total. The summed E-state index contributed by atoms with van der Waals surface area (Å²) in [5.41, 5.74) is 2.03. The van der Waals surface area contributed by atoms with Gasteiger partial charge < -0.3 is 10.2 Å². The van der Waals surface area contributed by atoms with E-state index < -0.39 is 0 Å². The first-order valence-electron chi connectivity index (χ1n) is 8.72. The highest BCUT2D eigenvalue weighted by Crippen LogP contribution is 2.27. The normalized spacial score (nSPS) is 18.6. The first kappa shape index (κ1) is 17.2. The third kappa shape index (κ3) is 4.47. The predicted octanol–water partition coefficient (Wildman–Crippen LogP) is 2.38. The van der Waals surface area contributed by atoms with Crippen molar-refractivity contribution in [3.8, 4) is 0 Å². The van der Waals surface area contributed by atoms with Gasteiger partial charge in [-0.25, -0.2) is 0 Å². The summed E-state index contributed by atoms with van der Waals surface area (Å²) in [4.78, 5) is 26.3. The van der Waals surface area contributed by atoms with Gasteiger partial charge in [-0.05, 0) is 24.5 Å². The lowest BCUT2D eigenvalue weighted by Crippen LogP contribution is -2.41. The zero-order valence-corrected chi connectivity index (χ0v) is 14.4. The second kappa shape index (κ2) is 7.96. The minimum Gasteiger partial charge on any atom is -0.349 e. The maximum absolute atomic E-state index is 12.8. The fourth-order valence-corrected chi connectivity index (χ4v) is 3.44. The largest absolute Gasteiger partial charge is 0.349 e. The van der Waals surface area contributed by atoms with Gasteiger partial charge in [-0.1, -0.05) is 30.3 Å². The second-order valence-electron chi connectivity index (χ2n) is 6.56. The van der Waals surface area contributed by atoms with Crippen molar-refractivity contribution < 1.29 is 9.59 Å². The number of amides is 2. The van der Waals surface area contributed by atoms with Crippen molar-refractivity contribution in [3.05, 3.63) is 53.9 Å². The molecule has 25 heavy (non-hydrogen) atoms. The standard InChI is InChI=1S/C19H24N4O2/c1-14(24)21-18(15-6-3-2-4-7-15)12-19(25)23-11-5-8-16(13-23)17-9-10-20-22-17/h2-4,6-7,9-10,16,18H,5,8,11-13H2,1H3,(H,20,22)(H,21,24). The van der Waals surface area contributed by atoms with Gasteiger partial charge in [-0.3, -0.25) is 14.7 Å². The van der Waals surface area contributed by atoms with Crippen LogP contribution in [0.5, 0.6) is 0 Å². The SMILES string of the molecule is CC(=O)NC(CC(=O)N1CCCC(c2ccn[nH]2)C1)c1ccccc1. The van der Waals surface area contributed by atoms with Crippen molar-refractivity contribution in [2.75, 3.05) is 13.1 Å². The third-order valence-corrected chi connectivity index (χ3v) is 4.69. The van der Waals surface area contributed by atoms with Gasteiger partial charge in [0.05, 0.1) is 12.5 Å². The van der Waals surface area contributed by atoms with Crippen molar-refractivity contribution in [2.24, 2.45) is 0 Å². The predicted molar refractivity (Wildman–Crippen MR) is 94.8 cm³/mol. The minimum absolute atomic E-state index is 0.0758. The molecular formula is C19H24N4O2. The van der Waals surface area contributed by atoms with Gasteiger partial charge in [-0.15, -0.1) is 0 Å². The third-order valence-electron chi connectivity index (χ3n) is 4.69.